The van der Waals surface area contributed by atoms with Gasteiger partial charge >= 0.3 is 14.2 Å². The van der Waals surface area contributed by atoms with E-state index in [2.05, 4.69) is 0 Å². The van der Waals surface area contributed by atoms with Crippen LogP contribution in [0, 0.1) is 0 Å². The summed E-state index contributed by atoms with van der Waals surface area (Å²) in [6, 6.07) is 13.4. The second-order valence-corrected chi connectivity index (χ2v) is 7.95. The van der Waals surface area contributed by atoms with E-state index in [1.54, 1.807) is 12.3 Å². The van der Waals surface area contributed by atoms with Gasteiger partial charge in [0.05, 0.1) is 17.5 Å². The van der Waals surface area contributed by atoms with Crippen LogP contribution in [0.2, 0.25) is 0 Å². The molecule has 0 bridgehead atoms. The Kier molecular flexibility index (Phi) is 4.24. The van der Waals surface area contributed by atoms with Crippen LogP contribution >= 0.6 is 0 Å². The topological polar surface area (TPSA) is 72.1 Å². The van der Waals surface area contributed by atoms with Gasteiger partial charge in [0, 0.05) is 10.8 Å². The minimum atomic E-state index is -1.57. The highest BCUT2D eigenvalue weighted by Gasteiger charge is 2.51. The first-order chi connectivity index (χ1) is 12.7. The van der Waals surface area contributed by atoms with Gasteiger partial charge in [-0.15, -0.1) is 0 Å². The Hall–Kier alpha value is -2.05. The van der Waals surface area contributed by atoms with E-state index in [0.717, 1.165) is 22.0 Å². The fourth-order valence-corrected chi connectivity index (χ4v) is 3.34. The Morgan fingerprint density at radius 2 is 1.48 bits per heavy atom. The van der Waals surface area contributed by atoms with Crippen LogP contribution in [0.5, 0.6) is 0 Å². The van der Waals surface area contributed by atoms with Crippen LogP contribution in [0.25, 0.3) is 22.1 Å². The second-order valence-electron chi connectivity index (χ2n) is 7.95. The van der Waals surface area contributed by atoms with E-state index in [1.165, 1.54) is 0 Å². The largest absolute Gasteiger partial charge is 0.494 e. The van der Waals surface area contributed by atoms with Gasteiger partial charge in [0.1, 0.15) is 5.58 Å². The molecule has 3 aromatic rings. The molecule has 0 radical (unpaired) electrons. The van der Waals surface area contributed by atoms with Gasteiger partial charge in [-0.2, -0.15) is 0 Å². The van der Waals surface area contributed by atoms with Crippen LogP contribution in [0.4, 0.5) is 0 Å². The van der Waals surface area contributed by atoms with Gasteiger partial charge < -0.3 is 23.8 Å². The summed E-state index contributed by atoms with van der Waals surface area (Å²) in [7, 11) is -1.97. The minimum absolute atomic E-state index is 0.354. The summed E-state index contributed by atoms with van der Waals surface area (Å²) in [5.74, 6) is 0. The molecule has 7 heteroatoms. The second kappa shape index (κ2) is 6.24. The van der Waals surface area contributed by atoms with Gasteiger partial charge in [-0.05, 0) is 50.4 Å². The Morgan fingerprint density at radius 3 is 2.07 bits per heavy atom. The number of furan rings is 1. The van der Waals surface area contributed by atoms with E-state index < -0.39 is 14.2 Å². The summed E-state index contributed by atoms with van der Waals surface area (Å²) in [6.07, 6.45) is 1.55. The fraction of sp³-hybridized carbons (Fsp3) is 0.300. The van der Waals surface area contributed by atoms with Gasteiger partial charge in [0.15, 0.2) is 0 Å². The predicted octanol–water partition coefficient (Wildman–Crippen LogP) is 2.08. The lowest BCUT2D eigenvalue weighted by molar-refractivity contribution is 0.00578. The fourth-order valence-electron chi connectivity index (χ4n) is 3.34. The predicted molar refractivity (Wildman–Crippen MR) is 107 cm³/mol. The van der Waals surface area contributed by atoms with Crippen molar-refractivity contribution in [1.82, 2.24) is 0 Å². The zero-order chi connectivity index (χ0) is 19.4. The van der Waals surface area contributed by atoms with Crippen molar-refractivity contribution in [3.05, 3.63) is 48.7 Å². The molecule has 0 unspecified atom stereocenters. The number of benzene rings is 2. The third kappa shape index (κ3) is 3.01. The van der Waals surface area contributed by atoms with Crippen LogP contribution in [-0.4, -0.2) is 35.5 Å². The smallest absolute Gasteiger partial charge is 0.465 e. The normalized spacial score (nSPS) is 18.2. The molecule has 1 fully saturated rings. The molecule has 2 heterocycles. The molecular weight excluding hydrogens is 342 g/mol. The molecule has 0 amide bonds. The molecule has 0 atom stereocenters. The van der Waals surface area contributed by atoms with Crippen molar-refractivity contribution in [2.75, 3.05) is 0 Å². The molecule has 0 saturated carbocycles. The highest BCUT2D eigenvalue weighted by Crippen LogP contribution is 2.36. The van der Waals surface area contributed by atoms with Crippen LogP contribution in [0.15, 0.2) is 53.1 Å². The number of hydrogen-bond acceptors (Lipinski definition) is 5. The molecule has 4 rings (SSSR count). The third-order valence-electron chi connectivity index (χ3n) is 5.67. The summed E-state index contributed by atoms with van der Waals surface area (Å²) in [4.78, 5) is 0. The van der Waals surface area contributed by atoms with Crippen LogP contribution in [-0.2, 0) is 9.31 Å². The summed E-state index contributed by atoms with van der Waals surface area (Å²) < 4.78 is 17.7. The van der Waals surface area contributed by atoms with Crippen molar-refractivity contribution in [2.45, 2.75) is 38.9 Å². The average molecular weight is 364 g/mol. The summed E-state index contributed by atoms with van der Waals surface area (Å²) in [5.41, 5.74) is 3.01. The monoisotopic (exact) mass is 364 g/mol. The van der Waals surface area contributed by atoms with Crippen molar-refractivity contribution in [1.29, 1.82) is 0 Å². The highest BCUT2D eigenvalue weighted by atomic mass is 16.7. The van der Waals surface area contributed by atoms with Crippen LogP contribution in [0.3, 0.4) is 0 Å². The molecule has 1 aromatic heterocycles. The summed E-state index contributed by atoms with van der Waals surface area (Å²) in [5, 5.41) is 19.9. The third-order valence-corrected chi connectivity index (χ3v) is 5.67. The zero-order valence-corrected chi connectivity index (χ0v) is 15.9. The van der Waals surface area contributed by atoms with Crippen molar-refractivity contribution in [3.8, 4) is 11.1 Å². The first kappa shape index (κ1) is 18.3. The van der Waals surface area contributed by atoms with E-state index >= 15 is 0 Å². The Balaban J connectivity index is 1.67. The van der Waals surface area contributed by atoms with E-state index in [-0.39, 0.29) is 11.2 Å². The average Bonchev–Trinajstić information content (AvgIpc) is 3.16. The van der Waals surface area contributed by atoms with Crippen molar-refractivity contribution in [2.24, 2.45) is 0 Å². The molecule has 1 aliphatic heterocycles. The molecule has 0 aliphatic carbocycles. The number of fused-ring (bicyclic) bond motifs is 1. The van der Waals surface area contributed by atoms with Crippen LogP contribution < -0.4 is 10.9 Å². The summed E-state index contributed by atoms with van der Waals surface area (Å²) in [6.45, 7) is 8.14. The molecule has 2 N–H and O–H groups in total. The van der Waals surface area contributed by atoms with Gasteiger partial charge in [0.2, 0.25) is 0 Å². The lowest BCUT2D eigenvalue weighted by Gasteiger charge is -2.32. The first-order valence-corrected chi connectivity index (χ1v) is 9.02. The SMILES string of the molecule is CC1(C)OB(c2ccc(-c3ccc(B(O)O)c4occc34)cc2)OC1(C)C. The standard InChI is InChI=1S/C20H22B2O5/c1-19(2)20(3,4)27-22(26-19)14-7-5-13(6-8-14)15-9-10-17(21(23)24)18-16(15)11-12-25-18/h5-12,23-24H,1-4H3. The Bertz CT molecular complexity index is 960. The zero-order valence-electron chi connectivity index (χ0n) is 15.9. The maximum atomic E-state index is 9.51. The quantitative estimate of drug-likeness (QED) is 0.697. The lowest BCUT2D eigenvalue weighted by atomic mass is 9.77. The van der Waals surface area contributed by atoms with Gasteiger partial charge in [-0.1, -0.05) is 36.4 Å². The summed E-state index contributed by atoms with van der Waals surface area (Å²) >= 11 is 0. The molecular formula is C20H22B2O5. The van der Waals surface area contributed by atoms with Crippen molar-refractivity contribution in [3.63, 3.8) is 0 Å². The molecule has 1 saturated heterocycles. The van der Waals surface area contributed by atoms with Gasteiger partial charge in [0.25, 0.3) is 0 Å². The highest BCUT2D eigenvalue weighted by molar-refractivity contribution is 6.62. The number of rotatable bonds is 3. The van der Waals surface area contributed by atoms with E-state index in [4.69, 9.17) is 13.7 Å². The molecule has 0 spiro atoms. The molecule has 2 aromatic carbocycles. The number of hydrogen-bond donors (Lipinski definition) is 2. The maximum absolute atomic E-state index is 9.51. The van der Waals surface area contributed by atoms with Crippen molar-refractivity contribution < 1.29 is 23.8 Å². The van der Waals surface area contributed by atoms with Crippen LogP contribution in [0.1, 0.15) is 27.7 Å². The lowest BCUT2D eigenvalue weighted by Crippen LogP contribution is -2.41. The van der Waals surface area contributed by atoms with Gasteiger partial charge in [-0.25, -0.2) is 0 Å². The minimum Gasteiger partial charge on any atom is -0.465 e. The molecule has 1 aliphatic rings. The first-order valence-electron chi connectivity index (χ1n) is 9.02. The van der Waals surface area contributed by atoms with E-state index in [9.17, 15) is 10.0 Å². The van der Waals surface area contributed by atoms with Gasteiger partial charge in [-0.3, -0.25) is 0 Å². The molecule has 138 valence electrons. The van der Waals surface area contributed by atoms with E-state index in [1.807, 2.05) is 64.1 Å². The maximum Gasteiger partial charge on any atom is 0.494 e. The Morgan fingerprint density at radius 1 is 0.852 bits per heavy atom. The van der Waals surface area contributed by atoms with E-state index in [0.29, 0.717) is 11.0 Å². The Labute approximate surface area is 159 Å². The molecule has 5 nitrogen and oxygen atoms in total. The van der Waals surface area contributed by atoms with Crippen molar-refractivity contribution >= 4 is 36.1 Å². The molecule has 27 heavy (non-hydrogen) atoms.